The molecule has 0 fully saturated rings. The fraction of sp³-hybridized carbons (Fsp3) is 0.357. The molecule has 1 aromatic heterocycles. The Morgan fingerprint density at radius 2 is 1.85 bits per heavy atom. The summed E-state index contributed by atoms with van der Waals surface area (Å²) in [6.45, 7) is 1.78. The van der Waals surface area contributed by atoms with Gasteiger partial charge in [-0.2, -0.15) is 5.10 Å². The van der Waals surface area contributed by atoms with Crippen molar-refractivity contribution in [3.8, 4) is 0 Å². The fourth-order valence-corrected chi connectivity index (χ4v) is 2.44. The molecule has 0 radical (unpaired) electrons. The highest BCUT2D eigenvalue weighted by Crippen LogP contribution is 2.21. The van der Waals surface area contributed by atoms with Gasteiger partial charge in [0.1, 0.15) is 11.6 Å². The average molecular weight is 301 g/mol. The van der Waals surface area contributed by atoms with E-state index in [0.29, 0.717) is 22.0 Å². The lowest BCUT2D eigenvalue weighted by Crippen LogP contribution is -2.16. The van der Waals surface area contributed by atoms with Gasteiger partial charge >= 0.3 is 0 Å². The smallest absolute Gasteiger partial charge is 0.126 e. The summed E-state index contributed by atoms with van der Waals surface area (Å²) in [7, 11) is 1.74. The van der Waals surface area contributed by atoms with Gasteiger partial charge in [-0.25, -0.2) is 8.78 Å². The Morgan fingerprint density at radius 3 is 2.35 bits per heavy atom. The zero-order chi connectivity index (χ0) is 14.9. The normalized spacial score (nSPS) is 12.7. The van der Waals surface area contributed by atoms with Gasteiger partial charge in [0.15, 0.2) is 0 Å². The average Bonchev–Trinajstić information content (AvgIpc) is 2.54. The minimum atomic E-state index is -0.788. The largest absolute Gasteiger partial charge is 0.392 e. The summed E-state index contributed by atoms with van der Waals surface area (Å²) in [6, 6.07) is 3.22. The van der Waals surface area contributed by atoms with Gasteiger partial charge in [-0.1, -0.05) is 11.6 Å². The van der Waals surface area contributed by atoms with Crippen LogP contribution in [0.4, 0.5) is 8.78 Å². The van der Waals surface area contributed by atoms with Gasteiger partial charge in [-0.3, -0.25) is 4.68 Å². The molecule has 3 nitrogen and oxygen atoms in total. The first-order valence-corrected chi connectivity index (χ1v) is 6.55. The molecule has 1 unspecified atom stereocenters. The highest BCUT2D eigenvalue weighted by atomic mass is 35.5. The number of aliphatic hydroxyl groups is 1. The Bertz CT molecular complexity index is 608. The molecule has 0 aliphatic heterocycles. The Balaban J connectivity index is 2.10. The third-order valence-corrected chi connectivity index (χ3v) is 3.58. The number of nitrogens with zero attached hydrogens (tertiary/aromatic N) is 2. The highest BCUT2D eigenvalue weighted by Gasteiger charge is 2.16. The van der Waals surface area contributed by atoms with Crippen molar-refractivity contribution in [1.82, 2.24) is 9.78 Å². The summed E-state index contributed by atoms with van der Waals surface area (Å²) in [5.41, 5.74) is 1.80. The van der Waals surface area contributed by atoms with E-state index in [-0.39, 0.29) is 12.8 Å². The second-order valence-corrected chi connectivity index (χ2v) is 5.19. The number of halogens is 3. The van der Waals surface area contributed by atoms with Gasteiger partial charge in [0.05, 0.1) is 22.5 Å². The van der Waals surface area contributed by atoms with Crippen LogP contribution in [0.25, 0.3) is 0 Å². The van der Waals surface area contributed by atoms with E-state index in [1.54, 1.807) is 18.7 Å². The molecule has 20 heavy (non-hydrogen) atoms. The van der Waals surface area contributed by atoms with Gasteiger partial charge in [0, 0.05) is 19.5 Å². The molecular formula is C14H15ClF2N2O. The summed E-state index contributed by atoms with van der Waals surface area (Å²) in [5.74, 6) is -1.30. The van der Waals surface area contributed by atoms with Gasteiger partial charge in [0.2, 0.25) is 0 Å². The van der Waals surface area contributed by atoms with Crippen molar-refractivity contribution in [3.63, 3.8) is 0 Å². The van der Waals surface area contributed by atoms with E-state index < -0.39 is 17.7 Å². The monoisotopic (exact) mass is 300 g/mol. The summed E-state index contributed by atoms with van der Waals surface area (Å²) in [6.07, 6.45) is -0.368. The van der Waals surface area contributed by atoms with E-state index in [2.05, 4.69) is 5.10 Å². The maximum absolute atomic E-state index is 13.1. The minimum absolute atomic E-state index is 0.148. The van der Waals surface area contributed by atoms with Crippen LogP contribution in [0.3, 0.4) is 0 Å². The van der Waals surface area contributed by atoms with E-state index >= 15 is 0 Å². The molecule has 1 atom stereocenters. The first-order valence-electron chi connectivity index (χ1n) is 6.18. The van der Waals surface area contributed by atoms with Crippen LogP contribution in [0.5, 0.6) is 0 Å². The molecule has 1 N–H and O–H groups in total. The molecule has 1 heterocycles. The topological polar surface area (TPSA) is 38.0 Å². The van der Waals surface area contributed by atoms with Crippen LogP contribution >= 0.6 is 11.6 Å². The molecule has 0 aliphatic carbocycles. The number of benzene rings is 1. The summed E-state index contributed by atoms with van der Waals surface area (Å²) in [5, 5.41) is 14.7. The van der Waals surface area contributed by atoms with Crippen molar-refractivity contribution in [2.24, 2.45) is 7.05 Å². The molecule has 2 rings (SSSR count). The highest BCUT2D eigenvalue weighted by molar-refractivity contribution is 6.31. The quantitative estimate of drug-likeness (QED) is 0.943. The van der Waals surface area contributed by atoms with Gasteiger partial charge < -0.3 is 5.11 Å². The Morgan fingerprint density at radius 1 is 1.25 bits per heavy atom. The van der Waals surface area contributed by atoms with E-state index in [1.165, 1.54) is 12.1 Å². The number of aliphatic hydroxyl groups excluding tert-OH is 1. The van der Waals surface area contributed by atoms with Crippen LogP contribution in [-0.2, 0) is 19.9 Å². The zero-order valence-electron chi connectivity index (χ0n) is 11.2. The number of rotatable bonds is 4. The molecular weight excluding hydrogens is 286 g/mol. The molecule has 0 saturated carbocycles. The molecule has 0 aliphatic rings. The maximum Gasteiger partial charge on any atom is 0.126 e. The zero-order valence-corrected chi connectivity index (χ0v) is 12.0. The van der Waals surface area contributed by atoms with Crippen molar-refractivity contribution >= 4 is 11.6 Å². The molecule has 108 valence electrons. The molecule has 0 amide bonds. The lowest BCUT2D eigenvalue weighted by Gasteiger charge is -2.11. The Kier molecular flexibility index (Phi) is 4.40. The summed E-state index contributed by atoms with van der Waals surface area (Å²) < 4.78 is 27.8. The third kappa shape index (κ3) is 3.35. The van der Waals surface area contributed by atoms with Crippen LogP contribution in [-0.4, -0.2) is 21.0 Å². The van der Waals surface area contributed by atoms with Crippen molar-refractivity contribution < 1.29 is 13.9 Å². The number of aromatic nitrogens is 2. The predicted octanol–water partition coefficient (Wildman–Crippen LogP) is 2.81. The summed E-state index contributed by atoms with van der Waals surface area (Å²) >= 11 is 6.10. The SMILES string of the molecule is Cc1nn(C)c(CC(O)Cc2cc(F)cc(F)c2)c1Cl. The van der Waals surface area contributed by atoms with Gasteiger partial charge in [0.25, 0.3) is 0 Å². The maximum atomic E-state index is 13.1. The van der Waals surface area contributed by atoms with Crippen molar-refractivity contribution in [1.29, 1.82) is 0 Å². The lowest BCUT2D eigenvalue weighted by molar-refractivity contribution is 0.172. The first-order chi connectivity index (χ1) is 9.36. The second kappa shape index (κ2) is 5.89. The Labute approximate surface area is 120 Å². The molecule has 1 aromatic carbocycles. The van der Waals surface area contributed by atoms with Crippen LogP contribution in [0.1, 0.15) is 17.0 Å². The first kappa shape index (κ1) is 14.9. The Hall–Kier alpha value is -1.46. The molecule has 0 spiro atoms. The molecule has 0 bridgehead atoms. The predicted molar refractivity (Wildman–Crippen MR) is 72.7 cm³/mol. The van der Waals surface area contributed by atoms with Crippen LogP contribution in [0, 0.1) is 18.6 Å². The van der Waals surface area contributed by atoms with Gasteiger partial charge in [-0.15, -0.1) is 0 Å². The lowest BCUT2D eigenvalue weighted by atomic mass is 10.0. The molecule has 2 aromatic rings. The van der Waals surface area contributed by atoms with Crippen molar-refractivity contribution in [3.05, 3.63) is 51.8 Å². The van der Waals surface area contributed by atoms with E-state index in [0.717, 1.165) is 6.07 Å². The number of aryl methyl sites for hydroxylation is 2. The van der Waals surface area contributed by atoms with Crippen molar-refractivity contribution in [2.75, 3.05) is 0 Å². The van der Waals surface area contributed by atoms with Crippen molar-refractivity contribution in [2.45, 2.75) is 25.9 Å². The van der Waals surface area contributed by atoms with E-state index in [4.69, 9.17) is 11.6 Å². The minimum Gasteiger partial charge on any atom is -0.392 e. The van der Waals surface area contributed by atoms with Crippen LogP contribution in [0.2, 0.25) is 5.02 Å². The second-order valence-electron chi connectivity index (χ2n) is 4.81. The standard InChI is InChI=1S/C14H15ClF2N2O/c1-8-14(15)13(19(2)18-8)7-12(20)5-9-3-10(16)6-11(17)4-9/h3-4,6,12,20H,5,7H2,1-2H3. The van der Waals surface area contributed by atoms with E-state index in [1.807, 2.05) is 0 Å². The van der Waals surface area contributed by atoms with Gasteiger partial charge in [-0.05, 0) is 31.0 Å². The molecule has 6 heteroatoms. The molecule has 0 saturated heterocycles. The van der Waals surface area contributed by atoms with Crippen LogP contribution < -0.4 is 0 Å². The number of hydrogen-bond acceptors (Lipinski definition) is 2. The van der Waals surface area contributed by atoms with Crippen LogP contribution in [0.15, 0.2) is 18.2 Å². The van der Waals surface area contributed by atoms with E-state index in [9.17, 15) is 13.9 Å². The fourth-order valence-electron chi connectivity index (χ4n) is 2.20. The number of hydrogen-bond donors (Lipinski definition) is 1. The summed E-state index contributed by atoms with van der Waals surface area (Å²) in [4.78, 5) is 0. The third-order valence-electron chi connectivity index (χ3n) is 3.08.